The second-order valence-electron chi connectivity index (χ2n) is 9.87. The van der Waals surface area contributed by atoms with E-state index in [9.17, 15) is 9.90 Å². The number of carbonyl (C=O) groups excluding carboxylic acids is 1. The quantitative estimate of drug-likeness (QED) is 0.767. The summed E-state index contributed by atoms with van der Waals surface area (Å²) in [5.41, 5.74) is 0.738. The molecule has 4 rings (SSSR count). The van der Waals surface area contributed by atoms with E-state index < -0.39 is 0 Å². The third-order valence-corrected chi connectivity index (χ3v) is 9.13. The van der Waals surface area contributed by atoms with E-state index in [1.165, 1.54) is 38.5 Å². The molecular weight excluding hydrogens is 284 g/mol. The van der Waals surface area contributed by atoms with Crippen LogP contribution in [0.3, 0.4) is 0 Å². The van der Waals surface area contributed by atoms with Gasteiger partial charge in [0.05, 0.1) is 6.10 Å². The van der Waals surface area contributed by atoms with Crippen molar-refractivity contribution < 1.29 is 9.90 Å². The lowest BCUT2D eigenvalue weighted by atomic mass is 9.44. The molecule has 0 spiro atoms. The van der Waals surface area contributed by atoms with Crippen LogP contribution in [0.25, 0.3) is 0 Å². The third kappa shape index (κ3) is 2.19. The summed E-state index contributed by atoms with van der Waals surface area (Å²) in [5.74, 6) is 3.97. The molecule has 0 saturated heterocycles. The molecule has 0 aromatic carbocycles. The Morgan fingerprint density at radius 1 is 0.913 bits per heavy atom. The largest absolute Gasteiger partial charge is 0.393 e. The fourth-order valence-corrected chi connectivity index (χ4v) is 7.90. The maximum atomic E-state index is 12.2. The van der Waals surface area contributed by atoms with Crippen LogP contribution in [0.5, 0.6) is 0 Å². The Labute approximate surface area is 141 Å². The summed E-state index contributed by atoms with van der Waals surface area (Å²) in [7, 11) is 0. The molecule has 0 amide bonds. The Kier molecular flexibility index (Phi) is 3.72. The van der Waals surface area contributed by atoms with E-state index in [4.69, 9.17) is 0 Å². The highest BCUT2D eigenvalue weighted by Crippen LogP contribution is 2.67. The number of hydrogen-bond donors (Lipinski definition) is 1. The first-order chi connectivity index (χ1) is 10.9. The number of fused-ring (bicyclic) bond motifs is 5. The van der Waals surface area contributed by atoms with Crippen molar-refractivity contribution in [2.75, 3.05) is 0 Å². The summed E-state index contributed by atoms with van der Waals surface area (Å²) in [6.07, 6.45) is 10.9. The van der Waals surface area contributed by atoms with Crippen LogP contribution < -0.4 is 0 Å². The van der Waals surface area contributed by atoms with Gasteiger partial charge in [-0.2, -0.15) is 0 Å². The maximum Gasteiger partial charge on any atom is 0.133 e. The molecule has 0 bridgehead atoms. The maximum absolute atomic E-state index is 12.2. The van der Waals surface area contributed by atoms with Gasteiger partial charge in [0.15, 0.2) is 0 Å². The SMILES string of the molecule is CC(=O)[C@H]1CC[C@H]2[C@@H]3CC[C@@H]4C[C@@H](O)CC[C@@]4(C)[C@@H]3CC[C@]12C. The van der Waals surface area contributed by atoms with Gasteiger partial charge in [-0.05, 0) is 99.2 Å². The Bertz CT molecular complexity index is 500. The first-order valence-corrected chi connectivity index (χ1v) is 10.0. The van der Waals surface area contributed by atoms with Crippen molar-refractivity contribution in [1.82, 2.24) is 0 Å². The van der Waals surface area contributed by atoms with Crippen molar-refractivity contribution in [2.45, 2.75) is 84.7 Å². The van der Waals surface area contributed by atoms with Crippen LogP contribution in [0.4, 0.5) is 0 Å². The van der Waals surface area contributed by atoms with Crippen LogP contribution in [0, 0.1) is 40.4 Å². The van der Waals surface area contributed by atoms with Crippen molar-refractivity contribution >= 4 is 5.78 Å². The third-order valence-electron chi connectivity index (χ3n) is 9.13. The standard InChI is InChI=1S/C21H34O2/c1-13(22)17-6-7-18-16-5-4-14-12-15(23)8-10-20(14,2)19(16)9-11-21(17,18)3/h14-19,23H,4-12H2,1-3H3/t14-,15+,16+,17-,18+,19-,20-,21-/m1/s1. The number of carbonyl (C=O) groups is 1. The van der Waals surface area contributed by atoms with Crippen LogP contribution in [0.15, 0.2) is 0 Å². The van der Waals surface area contributed by atoms with Gasteiger partial charge in [-0.3, -0.25) is 4.79 Å². The molecule has 0 aromatic rings. The predicted molar refractivity (Wildman–Crippen MR) is 91.9 cm³/mol. The first-order valence-electron chi connectivity index (χ1n) is 10.0. The van der Waals surface area contributed by atoms with Crippen LogP contribution in [-0.4, -0.2) is 17.0 Å². The molecule has 4 aliphatic rings. The fraction of sp³-hybridized carbons (Fsp3) is 0.952. The van der Waals surface area contributed by atoms with E-state index in [0.717, 1.165) is 42.9 Å². The molecular formula is C21H34O2. The molecule has 0 unspecified atom stereocenters. The molecule has 0 aromatic heterocycles. The van der Waals surface area contributed by atoms with Gasteiger partial charge in [-0.15, -0.1) is 0 Å². The lowest BCUT2D eigenvalue weighted by molar-refractivity contribution is -0.138. The zero-order chi connectivity index (χ0) is 16.4. The van der Waals surface area contributed by atoms with Gasteiger partial charge in [0, 0.05) is 5.92 Å². The number of aliphatic hydroxyl groups is 1. The van der Waals surface area contributed by atoms with Crippen molar-refractivity contribution in [3.63, 3.8) is 0 Å². The van der Waals surface area contributed by atoms with Gasteiger partial charge in [-0.1, -0.05) is 13.8 Å². The minimum absolute atomic E-state index is 0.0490. The fourth-order valence-electron chi connectivity index (χ4n) is 7.90. The Morgan fingerprint density at radius 2 is 1.61 bits per heavy atom. The van der Waals surface area contributed by atoms with Gasteiger partial charge < -0.3 is 5.11 Å². The van der Waals surface area contributed by atoms with Gasteiger partial charge in [0.25, 0.3) is 0 Å². The van der Waals surface area contributed by atoms with Gasteiger partial charge in [-0.25, -0.2) is 0 Å². The van der Waals surface area contributed by atoms with Crippen LogP contribution >= 0.6 is 0 Å². The summed E-state index contributed by atoms with van der Waals surface area (Å²) in [5, 5.41) is 10.1. The van der Waals surface area contributed by atoms with Crippen molar-refractivity contribution in [3.8, 4) is 0 Å². The zero-order valence-corrected chi connectivity index (χ0v) is 15.2. The summed E-state index contributed by atoms with van der Waals surface area (Å²) < 4.78 is 0. The minimum atomic E-state index is -0.0490. The lowest BCUT2D eigenvalue weighted by Gasteiger charge is -2.60. The second kappa shape index (κ2) is 5.31. The van der Waals surface area contributed by atoms with Gasteiger partial charge >= 0.3 is 0 Å². The van der Waals surface area contributed by atoms with Crippen molar-refractivity contribution in [3.05, 3.63) is 0 Å². The molecule has 2 nitrogen and oxygen atoms in total. The topological polar surface area (TPSA) is 37.3 Å². The number of hydrogen-bond acceptors (Lipinski definition) is 2. The molecule has 2 heteroatoms. The number of Topliss-reactive ketones (excluding diaryl/α,β-unsaturated/α-hetero) is 1. The highest BCUT2D eigenvalue weighted by Gasteiger charge is 2.60. The number of ketones is 1. The molecule has 4 saturated carbocycles. The summed E-state index contributed by atoms with van der Waals surface area (Å²) >= 11 is 0. The van der Waals surface area contributed by atoms with E-state index in [-0.39, 0.29) is 11.5 Å². The molecule has 130 valence electrons. The van der Waals surface area contributed by atoms with Crippen molar-refractivity contribution in [1.29, 1.82) is 0 Å². The molecule has 0 radical (unpaired) electrons. The zero-order valence-electron chi connectivity index (χ0n) is 15.2. The summed E-state index contributed by atoms with van der Waals surface area (Å²) in [6.45, 7) is 6.80. The molecule has 8 atom stereocenters. The van der Waals surface area contributed by atoms with E-state index >= 15 is 0 Å². The van der Waals surface area contributed by atoms with E-state index in [2.05, 4.69) is 13.8 Å². The Morgan fingerprint density at radius 3 is 2.35 bits per heavy atom. The predicted octanol–water partition coefficient (Wildman–Crippen LogP) is 4.60. The van der Waals surface area contributed by atoms with Crippen LogP contribution in [-0.2, 0) is 4.79 Å². The van der Waals surface area contributed by atoms with Crippen molar-refractivity contribution in [2.24, 2.45) is 40.4 Å². The molecule has 0 heterocycles. The molecule has 23 heavy (non-hydrogen) atoms. The average Bonchev–Trinajstić information content (AvgIpc) is 2.85. The highest BCUT2D eigenvalue weighted by atomic mass is 16.3. The molecule has 1 N–H and O–H groups in total. The lowest BCUT2D eigenvalue weighted by Crippen LogP contribution is -2.54. The van der Waals surface area contributed by atoms with E-state index in [1.54, 1.807) is 0 Å². The average molecular weight is 319 g/mol. The van der Waals surface area contributed by atoms with Crippen LogP contribution in [0.1, 0.15) is 78.6 Å². The molecule has 0 aliphatic heterocycles. The van der Waals surface area contributed by atoms with E-state index in [0.29, 0.717) is 17.1 Å². The summed E-state index contributed by atoms with van der Waals surface area (Å²) in [4.78, 5) is 12.2. The minimum Gasteiger partial charge on any atom is -0.393 e. The van der Waals surface area contributed by atoms with Crippen LogP contribution in [0.2, 0.25) is 0 Å². The second-order valence-corrected chi connectivity index (χ2v) is 9.87. The smallest absolute Gasteiger partial charge is 0.133 e. The van der Waals surface area contributed by atoms with Gasteiger partial charge in [0.2, 0.25) is 0 Å². The Balaban J connectivity index is 1.61. The molecule has 4 fully saturated rings. The normalized spacial score (nSPS) is 55.7. The monoisotopic (exact) mass is 318 g/mol. The number of rotatable bonds is 1. The van der Waals surface area contributed by atoms with Gasteiger partial charge in [0.1, 0.15) is 5.78 Å². The first kappa shape index (κ1) is 16.1. The number of aliphatic hydroxyl groups excluding tert-OH is 1. The van der Waals surface area contributed by atoms with E-state index in [1.807, 2.05) is 6.92 Å². The molecule has 4 aliphatic carbocycles. The summed E-state index contributed by atoms with van der Waals surface area (Å²) in [6, 6.07) is 0. The Hall–Kier alpha value is -0.370. The highest BCUT2D eigenvalue weighted by molar-refractivity contribution is 5.79.